The molecule has 0 radical (unpaired) electrons. The fraction of sp³-hybridized carbons (Fsp3) is 1.00. The van der Waals surface area contributed by atoms with Gasteiger partial charge in [0.2, 0.25) is 0 Å². The molecule has 1 fully saturated rings. The number of nitrogens with zero attached hydrogens (tertiary/aromatic N) is 1. The zero-order chi connectivity index (χ0) is 7.40. The normalized spacial score (nSPS) is 27.6. The van der Waals surface area contributed by atoms with Gasteiger partial charge in [-0.25, -0.2) is 0 Å². The molecule has 0 saturated carbocycles. The lowest BCUT2D eigenvalue weighted by atomic mass is 10.3. The fourth-order valence-corrected chi connectivity index (χ4v) is 1.31. The maximum Gasteiger partial charge on any atom is 0.0679 e. The van der Waals surface area contributed by atoms with E-state index in [1.807, 2.05) is 0 Å². The van der Waals surface area contributed by atoms with Crippen LogP contribution in [0.5, 0.6) is 0 Å². The summed E-state index contributed by atoms with van der Waals surface area (Å²) in [5.41, 5.74) is 0. The second-order valence-corrected chi connectivity index (χ2v) is 2.82. The molecule has 10 heavy (non-hydrogen) atoms. The number of aliphatic hydroxyl groups excluding tert-OH is 2. The first kappa shape index (κ1) is 7.98. The fourth-order valence-electron chi connectivity index (χ4n) is 1.31. The van der Waals surface area contributed by atoms with Gasteiger partial charge < -0.3 is 15.1 Å². The average molecular weight is 145 g/mol. The van der Waals surface area contributed by atoms with Crippen molar-refractivity contribution < 1.29 is 10.2 Å². The van der Waals surface area contributed by atoms with E-state index in [4.69, 9.17) is 10.2 Å². The van der Waals surface area contributed by atoms with Crippen molar-refractivity contribution in [3.8, 4) is 0 Å². The molecule has 1 aliphatic rings. The van der Waals surface area contributed by atoms with Gasteiger partial charge >= 0.3 is 0 Å². The van der Waals surface area contributed by atoms with Crippen LogP contribution in [0.2, 0.25) is 0 Å². The van der Waals surface area contributed by atoms with E-state index in [9.17, 15) is 0 Å². The molecule has 0 bridgehead atoms. The van der Waals surface area contributed by atoms with Crippen LogP contribution in [0.3, 0.4) is 0 Å². The SMILES string of the molecule is OCCCN1CCC(O)C1. The summed E-state index contributed by atoms with van der Waals surface area (Å²) < 4.78 is 0. The monoisotopic (exact) mass is 145 g/mol. The number of aliphatic hydroxyl groups is 2. The highest BCUT2D eigenvalue weighted by Gasteiger charge is 2.18. The molecule has 1 atom stereocenters. The lowest BCUT2D eigenvalue weighted by molar-refractivity contribution is 0.172. The zero-order valence-electron chi connectivity index (χ0n) is 6.16. The summed E-state index contributed by atoms with van der Waals surface area (Å²) in [6, 6.07) is 0. The van der Waals surface area contributed by atoms with E-state index in [1.54, 1.807) is 0 Å². The van der Waals surface area contributed by atoms with Crippen molar-refractivity contribution in [3.05, 3.63) is 0 Å². The molecule has 3 heteroatoms. The summed E-state index contributed by atoms with van der Waals surface area (Å²) in [5.74, 6) is 0. The minimum absolute atomic E-state index is 0.126. The lowest BCUT2D eigenvalue weighted by Crippen LogP contribution is -2.23. The summed E-state index contributed by atoms with van der Waals surface area (Å²) in [7, 11) is 0. The maximum atomic E-state index is 9.09. The summed E-state index contributed by atoms with van der Waals surface area (Å²) in [6.07, 6.45) is 1.59. The Morgan fingerprint density at radius 3 is 2.80 bits per heavy atom. The topological polar surface area (TPSA) is 43.7 Å². The van der Waals surface area contributed by atoms with Crippen LogP contribution in [0.25, 0.3) is 0 Å². The molecule has 1 saturated heterocycles. The largest absolute Gasteiger partial charge is 0.396 e. The summed E-state index contributed by atoms with van der Waals surface area (Å²) in [5, 5.41) is 17.6. The summed E-state index contributed by atoms with van der Waals surface area (Å²) >= 11 is 0. The molecule has 3 nitrogen and oxygen atoms in total. The van der Waals surface area contributed by atoms with E-state index in [0.29, 0.717) is 0 Å². The van der Waals surface area contributed by atoms with E-state index in [2.05, 4.69) is 4.90 Å². The van der Waals surface area contributed by atoms with Crippen LogP contribution >= 0.6 is 0 Å². The number of β-amino-alcohol motifs (C(OH)–C–C–N with tert-alkyl or cyclic N) is 1. The summed E-state index contributed by atoms with van der Waals surface area (Å²) in [6.45, 7) is 2.96. The molecule has 2 N–H and O–H groups in total. The molecular formula is C7H15NO2. The third-order valence-corrected chi connectivity index (χ3v) is 1.88. The second-order valence-electron chi connectivity index (χ2n) is 2.82. The van der Waals surface area contributed by atoms with E-state index in [0.717, 1.165) is 32.5 Å². The van der Waals surface area contributed by atoms with Gasteiger partial charge in [0.25, 0.3) is 0 Å². The predicted octanol–water partition coefficient (Wildman–Crippen LogP) is -0.565. The molecule has 0 amide bonds. The molecule has 0 spiro atoms. The molecule has 1 aliphatic heterocycles. The Labute approximate surface area is 61.3 Å². The van der Waals surface area contributed by atoms with Gasteiger partial charge in [0.15, 0.2) is 0 Å². The molecule has 1 unspecified atom stereocenters. The van der Waals surface area contributed by atoms with Gasteiger partial charge in [-0.3, -0.25) is 0 Å². The quantitative estimate of drug-likeness (QED) is 0.559. The molecule has 0 aromatic rings. The molecule has 0 aromatic heterocycles. The van der Waals surface area contributed by atoms with E-state index < -0.39 is 0 Å². The van der Waals surface area contributed by atoms with Crippen LogP contribution in [-0.4, -0.2) is 47.5 Å². The van der Waals surface area contributed by atoms with Gasteiger partial charge in [-0.1, -0.05) is 0 Å². The van der Waals surface area contributed by atoms with Crippen LogP contribution in [0.1, 0.15) is 12.8 Å². The summed E-state index contributed by atoms with van der Waals surface area (Å²) in [4.78, 5) is 2.18. The van der Waals surface area contributed by atoms with Gasteiger partial charge in [0.05, 0.1) is 6.10 Å². The lowest BCUT2D eigenvalue weighted by Gasteiger charge is -2.12. The zero-order valence-corrected chi connectivity index (χ0v) is 6.16. The predicted molar refractivity (Wildman–Crippen MR) is 38.8 cm³/mol. The van der Waals surface area contributed by atoms with Crippen molar-refractivity contribution in [2.75, 3.05) is 26.2 Å². The highest BCUT2D eigenvalue weighted by molar-refractivity contribution is 4.73. The number of hydrogen-bond acceptors (Lipinski definition) is 3. The minimum atomic E-state index is -0.126. The van der Waals surface area contributed by atoms with Crippen molar-refractivity contribution in [1.29, 1.82) is 0 Å². The van der Waals surface area contributed by atoms with Crippen LogP contribution in [0.15, 0.2) is 0 Å². The molecule has 0 aliphatic carbocycles. The first-order valence-electron chi connectivity index (χ1n) is 3.84. The molecular weight excluding hydrogens is 130 g/mol. The smallest absolute Gasteiger partial charge is 0.0679 e. The van der Waals surface area contributed by atoms with Crippen molar-refractivity contribution in [3.63, 3.8) is 0 Å². The van der Waals surface area contributed by atoms with Crippen LogP contribution in [0, 0.1) is 0 Å². The Balaban J connectivity index is 2.06. The van der Waals surface area contributed by atoms with Crippen molar-refractivity contribution >= 4 is 0 Å². The first-order valence-corrected chi connectivity index (χ1v) is 3.84. The van der Waals surface area contributed by atoms with Crippen molar-refractivity contribution in [1.82, 2.24) is 4.90 Å². The molecule has 60 valence electrons. The van der Waals surface area contributed by atoms with Gasteiger partial charge in [-0.15, -0.1) is 0 Å². The van der Waals surface area contributed by atoms with E-state index >= 15 is 0 Å². The maximum absolute atomic E-state index is 9.09. The van der Waals surface area contributed by atoms with Crippen molar-refractivity contribution in [2.45, 2.75) is 18.9 Å². The van der Waals surface area contributed by atoms with Crippen LogP contribution in [-0.2, 0) is 0 Å². The third-order valence-electron chi connectivity index (χ3n) is 1.88. The number of rotatable bonds is 3. The first-order chi connectivity index (χ1) is 4.83. The van der Waals surface area contributed by atoms with Gasteiger partial charge in [0, 0.05) is 26.2 Å². The van der Waals surface area contributed by atoms with Gasteiger partial charge in [-0.2, -0.15) is 0 Å². The molecule has 1 heterocycles. The van der Waals surface area contributed by atoms with E-state index in [1.165, 1.54) is 0 Å². The Hall–Kier alpha value is -0.120. The van der Waals surface area contributed by atoms with Crippen molar-refractivity contribution in [2.24, 2.45) is 0 Å². The minimum Gasteiger partial charge on any atom is -0.396 e. The highest BCUT2D eigenvalue weighted by Crippen LogP contribution is 2.07. The Morgan fingerprint density at radius 1 is 1.50 bits per heavy atom. The number of hydrogen-bond donors (Lipinski definition) is 2. The van der Waals surface area contributed by atoms with Gasteiger partial charge in [-0.05, 0) is 12.8 Å². The average Bonchev–Trinajstić information content (AvgIpc) is 2.31. The van der Waals surface area contributed by atoms with Crippen LogP contribution in [0.4, 0.5) is 0 Å². The molecule has 1 rings (SSSR count). The standard InChI is InChI=1S/C7H15NO2/c9-5-1-3-8-4-2-7(10)6-8/h7,9-10H,1-6H2. The highest BCUT2D eigenvalue weighted by atomic mass is 16.3. The third kappa shape index (κ3) is 2.25. The van der Waals surface area contributed by atoms with Gasteiger partial charge in [0.1, 0.15) is 0 Å². The molecule has 0 aromatic carbocycles. The Kier molecular flexibility index (Phi) is 3.12. The Morgan fingerprint density at radius 2 is 2.30 bits per heavy atom. The van der Waals surface area contributed by atoms with E-state index in [-0.39, 0.29) is 12.7 Å². The Bertz CT molecular complexity index is 97.6. The second kappa shape index (κ2) is 3.91. The number of likely N-dealkylation sites (tertiary alicyclic amines) is 1. The van der Waals surface area contributed by atoms with Crippen LogP contribution < -0.4 is 0 Å².